The molecule has 0 unspecified atom stereocenters. The molecule has 0 radical (unpaired) electrons. The maximum Gasteiger partial charge on any atom is 0.317 e. The lowest BCUT2D eigenvalue weighted by atomic mass is 10.0. The summed E-state index contributed by atoms with van der Waals surface area (Å²) in [6.07, 6.45) is 3.65. The molecule has 1 fully saturated rings. The number of piperidine rings is 1. The molecule has 0 aromatic heterocycles. The first-order valence-electron chi connectivity index (χ1n) is 7.33. The molecule has 110 valence electrons. The largest absolute Gasteiger partial charge is 0.480 e. The van der Waals surface area contributed by atoms with Crippen LogP contribution < -0.4 is 0 Å². The van der Waals surface area contributed by atoms with Crippen LogP contribution in [0, 0.1) is 0 Å². The van der Waals surface area contributed by atoms with E-state index in [1.807, 2.05) is 18.0 Å². The number of carbonyl (C=O) groups is 1. The second kappa shape index (κ2) is 7.41. The summed E-state index contributed by atoms with van der Waals surface area (Å²) in [7, 11) is 1.89. The van der Waals surface area contributed by atoms with E-state index in [9.17, 15) is 4.79 Å². The normalized spacial score (nSPS) is 20.2. The van der Waals surface area contributed by atoms with Gasteiger partial charge in [0.1, 0.15) is 0 Å². The number of carboxylic acid groups (broad SMARTS) is 1. The molecule has 1 heterocycles. The van der Waals surface area contributed by atoms with Crippen LogP contribution in [-0.2, 0) is 11.3 Å². The van der Waals surface area contributed by atoms with E-state index in [0.717, 1.165) is 26.1 Å². The second-order valence-electron chi connectivity index (χ2n) is 5.70. The van der Waals surface area contributed by atoms with Gasteiger partial charge in [-0.25, -0.2) is 0 Å². The molecule has 1 atom stereocenters. The number of likely N-dealkylation sites (tertiary alicyclic amines) is 1. The highest BCUT2D eigenvalue weighted by molar-refractivity contribution is 5.69. The fourth-order valence-corrected chi connectivity index (χ4v) is 2.95. The fraction of sp³-hybridized carbons (Fsp3) is 0.562. The zero-order valence-electron chi connectivity index (χ0n) is 12.2. The summed E-state index contributed by atoms with van der Waals surface area (Å²) < 4.78 is 0. The van der Waals surface area contributed by atoms with Gasteiger partial charge < -0.3 is 5.11 Å². The molecular weight excluding hydrogens is 252 g/mol. The quantitative estimate of drug-likeness (QED) is 0.863. The van der Waals surface area contributed by atoms with Crippen molar-refractivity contribution in [2.75, 3.05) is 26.7 Å². The van der Waals surface area contributed by atoms with Crippen molar-refractivity contribution in [2.45, 2.75) is 31.8 Å². The summed E-state index contributed by atoms with van der Waals surface area (Å²) >= 11 is 0. The summed E-state index contributed by atoms with van der Waals surface area (Å²) in [5, 5.41) is 8.86. The number of likely N-dealkylation sites (N-methyl/N-ethyl adjacent to an activating group) is 1. The fourth-order valence-electron chi connectivity index (χ4n) is 2.95. The van der Waals surface area contributed by atoms with Crippen molar-refractivity contribution in [3.05, 3.63) is 35.9 Å². The van der Waals surface area contributed by atoms with Crippen molar-refractivity contribution >= 4 is 5.97 Å². The first kappa shape index (κ1) is 15.0. The first-order valence-corrected chi connectivity index (χ1v) is 7.33. The Kier molecular flexibility index (Phi) is 5.56. The Morgan fingerprint density at radius 1 is 1.35 bits per heavy atom. The molecule has 1 saturated heterocycles. The van der Waals surface area contributed by atoms with Crippen LogP contribution in [0.15, 0.2) is 30.3 Å². The average molecular weight is 276 g/mol. The number of carboxylic acids is 1. The zero-order valence-corrected chi connectivity index (χ0v) is 12.2. The van der Waals surface area contributed by atoms with Crippen molar-refractivity contribution in [1.82, 2.24) is 9.80 Å². The molecule has 1 aromatic carbocycles. The maximum atomic E-state index is 10.8. The lowest BCUT2D eigenvalue weighted by Gasteiger charge is -2.37. The molecular formula is C16H24N2O2. The third kappa shape index (κ3) is 4.62. The molecule has 0 spiro atoms. The smallest absolute Gasteiger partial charge is 0.317 e. The summed E-state index contributed by atoms with van der Waals surface area (Å²) in [5.74, 6) is -0.752. The van der Waals surface area contributed by atoms with Crippen LogP contribution in [0.1, 0.15) is 24.8 Å². The Morgan fingerprint density at radius 2 is 2.10 bits per heavy atom. The number of nitrogens with zero attached hydrogens (tertiary/aromatic N) is 2. The van der Waals surface area contributed by atoms with Crippen LogP contribution in [0.25, 0.3) is 0 Å². The van der Waals surface area contributed by atoms with Gasteiger partial charge >= 0.3 is 5.97 Å². The van der Waals surface area contributed by atoms with Crippen molar-refractivity contribution in [2.24, 2.45) is 0 Å². The van der Waals surface area contributed by atoms with Crippen LogP contribution in [-0.4, -0.2) is 53.6 Å². The average Bonchev–Trinajstić information content (AvgIpc) is 2.41. The number of aliphatic carboxylic acids is 1. The minimum absolute atomic E-state index is 0.121. The highest BCUT2D eigenvalue weighted by Gasteiger charge is 2.24. The Balaban J connectivity index is 1.93. The molecule has 0 bridgehead atoms. The Morgan fingerprint density at radius 3 is 2.80 bits per heavy atom. The lowest BCUT2D eigenvalue weighted by molar-refractivity contribution is -0.138. The van der Waals surface area contributed by atoms with Crippen LogP contribution in [0.3, 0.4) is 0 Å². The van der Waals surface area contributed by atoms with Gasteiger partial charge in [0.2, 0.25) is 0 Å². The van der Waals surface area contributed by atoms with Gasteiger partial charge in [-0.3, -0.25) is 14.6 Å². The first-order chi connectivity index (χ1) is 9.65. The van der Waals surface area contributed by atoms with E-state index < -0.39 is 5.97 Å². The summed E-state index contributed by atoms with van der Waals surface area (Å²) in [6.45, 7) is 3.03. The van der Waals surface area contributed by atoms with Crippen LogP contribution in [0.5, 0.6) is 0 Å². The van der Waals surface area contributed by atoms with Gasteiger partial charge in [0, 0.05) is 19.1 Å². The predicted molar refractivity (Wildman–Crippen MR) is 79.6 cm³/mol. The molecule has 4 nitrogen and oxygen atoms in total. The van der Waals surface area contributed by atoms with Gasteiger partial charge in [-0.05, 0) is 32.0 Å². The number of hydrogen-bond donors (Lipinski definition) is 1. The molecule has 2 rings (SSSR count). The third-order valence-corrected chi connectivity index (χ3v) is 3.91. The van der Waals surface area contributed by atoms with Gasteiger partial charge in [-0.1, -0.05) is 36.8 Å². The number of rotatable bonds is 6. The number of benzene rings is 1. The van der Waals surface area contributed by atoms with Gasteiger partial charge in [0.15, 0.2) is 0 Å². The molecule has 0 saturated carbocycles. The van der Waals surface area contributed by atoms with Crippen molar-refractivity contribution < 1.29 is 9.90 Å². The van der Waals surface area contributed by atoms with Gasteiger partial charge in [0.25, 0.3) is 0 Å². The van der Waals surface area contributed by atoms with E-state index in [1.54, 1.807) is 0 Å². The molecule has 1 aromatic rings. The molecule has 4 heteroatoms. The highest BCUT2D eigenvalue weighted by Crippen LogP contribution is 2.20. The topological polar surface area (TPSA) is 43.8 Å². The predicted octanol–water partition coefficient (Wildman–Crippen LogP) is 2.06. The SMILES string of the molecule is CN(CC(=O)O)C[C@H]1CCCCN1Cc1ccccc1. The van der Waals surface area contributed by atoms with E-state index in [-0.39, 0.29) is 6.54 Å². The Labute approximate surface area is 121 Å². The number of hydrogen-bond acceptors (Lipinski definition) is 3. The summed E-state index contributed by atoms with van der Waals surface area (Å²) in [5.41, 5.74) is 1.33. The molecule has 0 amide bonds. The van der Waals surface area contributed by atoms with E-state index >= 15 is 0 Å². The minimum Gasteiger partial charge on any atom is -0.480 e. The lowest BCUT2D eigenvalue weighted by Crippen LogP contribution is -2.46. The minimum atomic E-state index is -0.752. The van der Waals surface area contributed by atoms with Crippen molar-refractivity contribution in [3.8, 4) is 0 Å². The second-order valence-corrected chi connectivity index (χ2v) is 5.70. The zero-order chi connectivity index (χ0) is 14.4. The molecule has 0 aliphatic carbocycles. The monoisotopic (exact) mass is 276 g/mol. The van der Waals surface area contributed by atoms with Gasteiger partial charge in [-0.2, -0.15) is 0 Å². The molecule has 1 aliphatic rings. The third-order valence-electron chi connectivity index (χ3n) is 3.91. The van der Waals surface area contributed by atoms with Gasteiger partial charge in [-0.15, -0.1) is 0 Å². The van der Waals surface area contributed by atoms with Crippen molar-refractivity contribution in [3.63, 3.8) is 0 Å². The van der Waals surface area contributed by atoms with Crippen LogP contribution in [0.4, 0.5) is 0 Å². The maximum absolute atomic E-state index is 10.8. The van der Waals surface area contributed by atoms with E-state index in [4.69, 9.17) is 5.11 Å². The molecule has 20 heavy (non-hydrogen) atoms. The summed E-state index contributed by atoms with van der Waals surface area (Å²) in [4.78, 5) is 15.2. The molecule has 1 aliphatic heterocycles. The Hall–Kier alpha value is -1.39. The van der Waals surface area contributed by atoms with Crippen LogP contribution >= 0.6 is 0 Å². The van der Waals surface area contributed by atoms with Gasteiger partial charge in [0.05, 0.1) is 6.54 Å². The van der Waals surface area contributed by atoms with E-state index in [0.29, 0.717) is 6.04 Å². The van der Waals surface area contributed by atoms with Crippen LogP contribution in [0.2, 0.25) is 0 Å². The van der Waals surface area contributed by atoms with Crippen molar-refractivity contribution in [1.29, 1.82) is 0 Å². The highest BCUT2D eigenvalue weighted by atomic mass is 16.4. The Bertz CT molecular complexity index is 422. The molecule has 1 N–H and O–H groups in total. The standard InChI is InChI=1S/C16H24N2O2/c1-17(13-16(19)20)12-15-9-5-6-10-18(15)11-14-7-3-2-4-8-14/h2-4,7-8,15H,5-6,9-13H2,1H3,(H,19,20)/t15-/m1/s1. The van der Waals surface area contributed by atoms with E-state index in [2.05, 4.69) is 29.2 Å². The summed E-state index contributed by atoms with van der Waals surface area (Å²) in [6, 6.07) is 11.0. The van der Waals surface area contributed by atoms with E-state index in [1.165, 1.54) is 18.4 Å².